The van der Waals surface area contributed by atoms with Gasteiger partial charge in [-0.15, -0.1) is 0 Å². The Morgan fingerprint density at radius 2 is 1.56 bits per heavy atom. The maximum absolute atomic E-state index is 12.7. The van der Waals surface area contributed by atoms with E-state index in [9.17, 15) is 19.2 Å². The minimum Gasteiger partial charge on any atom is -0.466 e. The van der Waals surface area contributed by atoms with E-state index in [1.54, 1.807) is 0 Å². The van der Waals surface area contributed by atoms with Crippen LogP contribution in [0.4, 0.5) is 0 Å². The molecule has 1 heterocycles. The van der Waals surface area contributed by atoms with Crippen molar-refractivity contribution < 1.29 is 28.7 Å². The third kappa shape index (κ3) is 11.7. The van der Waals surface area contributed by atoms with Gasteiger partial charge in [0.25, 0.3) is 0 Å². The molecular formula is C28H42N2O6. The zero-order valence-corrected chi connectivity index (χ0v) is 21.7. The number of benzene rings is 1. The zero-order valence-electron chi connectivity index (χ0n) is 21.7. The van der Waals surface area contributed by atoms with Crippen LogP contribution in [-0.4, -0.2) is 61.0 Å². The number of carbonyl (C=O) groups is 4. The number of hydrogen-bond donors (Lipinski definition) is 1. The van der Waals surface area contributed by atoms with Crippen LogP contribution in [0.25, 0.3) is 0 Å². The predicted octanol–water partition coefficient (Wildman–Crippen LogP) is 3.95. The summed E-state index contributed by atoms with van der Waals surface area (Å²) in [4.78, 5) is 50.9. The van der Waals surface area contributed by atoms with Crippen LogP contribution in [-0.2, 0) is 35.1 Å². The number of carbonyl (C=O) groups excluding carboxylic acids is 4. The van der Waals surface area contributed by atoms with Crippen molar-refractivity contribution in [1.82, 2.24) is 10.2 Å². The second-order valence-electron chi connectivity index (χ2n) is 9.25. The molecule has 0 saturated carbocycles. The Hall–Kier alpha value is -2.90. The molecule has 0 spiro atoms. The summed E-state index contributed by atoms with van der Waals surface area (Å²) >= 11 is 0. The van der Waals surface area contributed by atoms with Crippen LogP contribution >= 0.6 is 0 Å². The van der Waals surface area contributed by atoms with Crippen molar-refractivity contribution in [2.45, 2.75) is 90.0 Å². The van der Waals surface area contributed by atoms with Crippen molar-refractivity contribution in [3.8, 4) is 0 Å². The quantitative estimate of drug-likeness (QED) is 0.256. The molecule has 1 aliphatic heterocycles. The Morgan fingerprint density at radius 3 is 2.28 bits per heavy atom. The summed E-state index contributed by atoms with van der Waals surface area (Å²) in [7, 11) is 0. The highest BCUT2D eigenvalue weighted by Gasteiger charge is 2.35. The van der Waals surface area contributed by atoms with Crippen LogP contribution < -0.4 is 5.32 Å². The first-order valence-corrected chi connectivity index (χ1v) is 13.4. The molecule has 1 aliphatic rings. The average molecular weight is 503 g/mol. The lowest BCUT2D eigenvalue weighted by molar-refractivity contribution is -0.153. The van der Waals surface area contributed by atoms with E-state index in [4.69, 9.17) is 9.47 Å². The molecule has 0 bridgehead atoms. The molecular weight excluding hydrogens is 460 g/mol. The summed E-state index contributed by atoms with van der Waals surface area (Å²) < 4.78 is 10.5. The van der Waals surface area contributed by atoms with E-state index in [0.717, 1.165) is 24.8 Å². The van der Waals surface area contributed by atoms with Gasteiger partial charge in [-0.05, 0) is 12.0 Å². The summed E-state index contributed by atoms with van der Waals surface area (Å²) in [6, 6.07) is 8.78. The average Bonchev–Trinajstić information content (AvgIpc) is 2.88. The standard InChI is InChI=1S/C28H42N2O6/c1-2-3-4-5-6-7-8-12-20-35-27(33)22-24-28(34)29-18-19-30(24)25(31)15-16-26(32)36-21-17-23-13-10-9-11-14-23/h9-11,13-14,24H,2-8,12,15-22H2,1H3,(H,29,34). The Kier molecular flexibility index (Phi) is 14.3. The van der Waals surface area contributed by atoms with Crippen molar-refractivity contribution in [3.05, 3.63) is 35.9 Å². The lowest BCUT2D eigenvalue weighted by Gasteiger charge is -2.34. The number of esters is 2. The second-order valence-corrected chi connectivity index (χ2v) is 9.25. The summed E-state index contributed by atoms with van der Waals surface area (Å²) in [6.45, 7) is 3.38. The molecule has 200 valence electrons. The lowest BCUT2D eigenvalue weighted by atomic mass is 10.1. The van der Waals surface area contributed by atoms with E-state index >= 15 is 0 Å². The maximum Gasteiger partial charge on any atom is 0.308 e. The van der Waals surface area contributed by atoms with E-state index in [2.05, 4.69) is 12.2 Å². The fraction of sp³-hybridized carbons (Fsp3) is 0.643. The first-order chi connectivity index (χ1) is 17.5. The van der Waals surface area contributed by atoms with Crippen molar-refractivity contribution in [2.75, 3.05) is 26.3 Å². The van der Waals surface area contributed by atoms with Gasteiger partial charge in [-0.2, -0.15) is 0 Å². The van der Waals surface area contributed by atoms with Gasteiger partial charge in [0.15, 0.2) is 0 Å². The van der Waals surface area contributed by atoms with Gasteiger partial charge >= 0.3 is 11.9 Å². The van der Waals surface area contributed by atoms with E-state index in [-0.39, 0.29) is 37.7 Å². The fourth-order valence-electron chi connectivity index (χ4n) is 4.21. The molecule has 2 rings (SSSR count). The van der Waals surface area contributed by atoms with Gasteiger partial charge in [0.1, 0.15) is 6.04 Å². The minimum absolute atomic E-state index is 0.0681. The van der Waals surface area contributed by atoms with Crippen LogP contribution in [0.5, 0.6) is 0 Å². The third-order valence-electron chi connectivity index (χ3n) is 6.31. The van der Waals surface area contributed by atoms with Crippen LogP contribution in [0, 0.1) is 0 Å². The summed E-state index contributed by atoms with van der Waals surface area (Å²) in [6.07, 6.45) is 9.47. The molecule has 2 amide bonds. The number of piperazine rings is 1. The lowest BCUT2D eigenvalue weighted by Crippen LogP contribution is -2.57. The highest BCUT2D eigenvalue weighted by molar-refractivity contribution is 5.92. The molecule has 1 fully saturated rings. The number of ether oxygens (including phenoxy) is 2. The molecule has 0 aliphatic carbocycles. The summed E-state index contributed by atoms with van der Waals surface area (Å²) in [5, 5.41) is 2.70. The molecule has 1 aromatic rings. The van der Waals surface area contributed by atoms with Gasteiger partial charge in [0.05, 0.1) is 26.1 Å². The molecule has 1 N–H and O–H groups in total. The molecule has 0 aromatic heterocycles. The van der Waals surface area contributed by atoms with Crippen molar-refractivity contribution >= 4 is 23.8 Å². The van der Waals surface area contributed by atoms with Gasteiger partial charge in [-0.1, -0.05) is 82.2 Å². The Balaban J connectivity index is 1.66. The highest BCUT2D eigenvalue weighted by atomic mass is 16.5. The van der Waals surface area contributed by atoms with Gasteiger partial charge in [0, 0.05) is 25.9 Å². The Bertz CT molecular complexity index is 814. The summed E-state index contributed by atoms with van der Waals surface area (Å²) in [5.74, 6) is -1.66. The van der Waals surface area contributed by atoms with E-state index in [1.807, 2.05) is 30.3 Å². The van der Waals surface area contributed by atoms with E-state index < -0.39 is 18.0 Å². The first kappa shape index (κ1) is 29.3. The molecule has 1 unspecified atom stereocenters. The van der Waals surface area contributed by atoms with Gasteiger partial charge < -0.3 is 19.7 Å². The van der Waals surface area contributed by atoms with E-state index in [0.29, 0.717) is 26.1 Å². The molecule has 0 radical (unpaired) electrons. The minimum atomic E-state index is -0.911. The van der Waals surface area contributed by atoms with Crippen molar-refractivity contribution in [3.63, 3.8) is 0 Å². The monoisotopic (exact) mass is 502 g/mol. The maximum atomic E-state index is 12.7. The predicted molar refractivity (Wildman–Crippen MR) is 137 cm³/mol. The fourth-order valence-corrected chi connectivity index (χ4v) is 4.21. The Labute approximate surface area is 215 Å². The summed E-state index contributed by atoms with van der Waals surface area (Å²) in [5.41, 5.74) is 1.07. The smallest absolute Gasteiger partial charge is 0.308 e. The van der Waals surface area contributed by atoms with Crippen LogP contribution in [0.2, 0.25) is 0 Å². The second kappa shape index (κ2) is 17.5. The van der Waals surface area contributed by atoms with E-state index in [1.165, 1.54) is 37.0 Å². The number of amides is 2. The topological polar surface area (TPSA) is 102 Å². The SMILES string of the molecule is CCCCCCCCCCOC(=O)CC1C(=O)NCCN1C(=O)CCC(=O)OCCc1ccccc1. The number of nitrogens with zero attached hydrogens (tertiary/aromatic N) is 1. The van der Waals surface area contributed by atoms with Crippen LogP contribution in [0.3, 0.4) is 0 Å². The molecule has 1 aromatic carbocycles. The largest absolute Gasteiger partial charge is 0.466 e. The van der Waals surface area contributed by atoms with Crippen molar-refractivity contribution in [2.24, 2.45) is 0 Å². The molecule has 1 saturated heterocycles. The van der Waals surface area contributed by atoms with Gasteiger partial charge in [0.2, 0.25) is 11.8 Å². The molecule has 8 heteroatoms. The molecule has 36 heavy (non-hydrogen) atoms. The Morgan fingerprint density at radius 1 is 0.889 bits per heavy atom. The first-order valence-electron chi connectivity index (χ1n) is 13.4. The van der Waals surface area contributed by atoms with Crippen LogP contribution in [0.15, 0.2) is 30.3 Å². The normalized spacial score (nSPS) is 15.3. The van der Waals surface area contributed by atoms with Gasteiger partial charge in [-0.3, -0.25) is 19.2 Å². The molecule has 8 nitrogen and oxygen atoms in total. The molecule has 1 atom stereocenters. The number of hydrogen-bond acceptors (Lipinski definition) is 6. The number of nitrogens with one attached hydrogen (secondary N) is 1. The number of rotatable bonds is 17. The zero-order chi connectivity index (χ0) is 26.0. The third-order valence-corrected chi connectivity index (χ3v) is 6.31. The highest BCUT2D eigenvalue weighted by Crippen LogP contribution is 2.14. The van der Waals surface area contributed by atoms with Crippen molar-refractivity contribution in [1.29, 1.82) is 0 Å². The van der Waals surface area contributed by atoms with Crippen LogP contribution in [0.1, 0.15) is 83.1 Å². The van der Waals surface area contributed by atoms with Gasteiger partial charge in [-0.25, -0.2) is 0 Å². The number of unbranched alkanes of at least 4 members (excludes halogenated alkanes) is 7.